The Bertz CT molecular complexity index is 1120. The Morgan fingerprint density at radius 1 is 0.417 bits per heavy atom. The molecule has 0 nitrogen and oxygen atoms in total. The van der Waals surface area contributed by atoms with Crippen molar-refractivity contribution in [2.75, 3.05) is 0 Å². The molecule has 0 amide bonds. The van der Waals surface area contributed by atoms with E-state index in [4.69, 9.17) is 0 Å². The molecule has 0 unspecified atom stereocenters. The Labute approximate surface area is 155 Å². The van der Waals surface area contributed by atoms with Crippen molar-refractivity contribution in [3.8, 4) is 0 Å². The molecule has 0 atom stereocenters. The second kappa shape index (κ2) is 5.97. The maximum absolute atomic E-state index is 2.28. The van der Waals surface area contributed by atoms with Crippen molar-refractivity contribution in [1.82, 2.24) is 0 Å². The quantitative estimate of drug-likeness (QED) is 0.249. The lowest BCUT2D eigenvalue weighted by atomic mass is 10.2. The van der Waals surface area contributed by atoms with Crippen LogP contribution in [0.3, 0.4) is 0 Å². The van der Waals surface area contributed by atoms with Gasteiger partial charge >= 0.3 is 0 Å². The molecule has 6 rings (SSSR count). The van der Waals surface area contributed by atoms with Crippen LogP contribution in [0.2, 0.25) is 0 Å². The Kier molecular flexibility index (Phi) is 3.64. The smallest absolute Gasteiger partial charge is 0.0521 e. The molecule has 0 saturated heterocycles. The molecule has 0 saturated carbocycles. The van der Waals surface area contributed by atoms with Gasteiger partial charge in [-0.15, -0.1) is 45.3 Å². The molecule has 0 fully saturated rings. The van der Waals surface area contributed by atoms with Crippen LogP contribution in [0, 0.1) is 0 Å². The number of hydrogen-bond acceptors (Lipinski definition) is 4. The molecule has 4 aromatic heterocycles. The fourth-order valence-electron chi connectivity index (χ4n) is 2.87. The zero-order chi connectivity index (χ0) is 15.9. The van der Waals surface area contributed by atoms with Gasteiger partial charge in [-0.1, -0.05) is 12.1 Å². The first kappa shape index (κ1) is 14.6. The van der Waals surface area contributed by atoms with Gasteiger partial charge in [0.15, 0.2) is 0 Å². The highest BCUT2D eigenvalue weighted by molar-refractivity contribution is 7.25. The van der Waals surface area contributed by atoms with Crippen LogP contribution in [-0.4, -0.2) is 0 Å². The van der Waals surface area contributed by atoms with E-state index in [2.05, 4.69) is 70.1 Å². The number of thiophene rings is 4. The number of fused-ring (bicyclic) bond motifs is 5. The van der Waals surface area contributed by atoms with Crippen LogP contribution in [0.25, 0.3) is 40.3 Å². The number of benzene rings is 2. The first-order valence-electron chi connectivity index (χ1n) is 7.56. The average molecular weight is 381 g/mol. The van der Waals surface area contributed by atoms with Gasteiger partial charge in [-0.05, 0) is 79.5 Å². The van der Waals surface area contributed by atoms with Gasteiger partial charge in [-0.3, -0.25) is 0 Å². The Morgan fingerprint density at radius 3 is 1.42 bits per heavy atom. The van der Waals surface area contributed by atoms with Gasteiger partial charge in [0.05, 0.1) is 9.40 Å². The van der Waals surface area contributed by atoms with E-state index in [0.29, 0.717) is 0 Å². The Hall–Kier alpha value is -1.72. The van der Waals surface area contributed by atoms with Crippen molar-refractivity contribution in [2.24, 2.45) is 0 Å². The number of rotatable bonds is 0. The third-order valence-corrected chi connectivity index (χ3v) is 7.85. The van der Waals surface area contributed by atoms with Crippen molar-refractivity contribution in [3.05, 3.63) is 70.1 Å². The minimum Gasteiger partial charge on any atom is -0.144 e. The molecular weight excluding hydrogens is 368 g/mol. The molecule has 116 valence electrons. The minimum absolute atomic E-state index is 1.37. The van der Waals surface area contributed by atoms with E-state index in [1.54, 1.807) is 0 Å². The predicted molar refractivity (Wildman–Crippen MR) is 114 cm³/mol. The number of hydrogen-bond donors (Lipinski definition) is 0. The van der Waals surface area contributed by atoms with Gasteiger partial charge in [0.1, 0.15) is 0 Å². The summed E-state index contributed by atoms with van der Waals surface area (Å²) in [5, 5.41) is 14.1. The average Bonchev–Trinajstić information content (AvgIpc) is 3.36. The highest BCUT2D eigenvalue weighted by Gasteiger charge is 2.01. The standard InChI is InChI=1S/2C10H6S2/c1-3-11-9-6-10-8(2-4-12-10)5-7(1)9;1-2-8-4-6-12-10(8)9-7(1)3-5-11-9/h2*1-6H. The van der Waals surface area contributed by atoms with E-state index in [-0.39, 0.29) is 0 Å². The molecule has 0 aliphatic heterocycles. The molecule has 0 bridgehead atoms. The second-order valence-corrected chi connectivity index (χ2v) is 9.24. The van der Waals surface area contributed by atoms with Crippen LogP contribution in [0.5, 0.6) is 0 Å². The zero-order valence-electron chi connectivity index (χ0n) is 12.6. The van der Waals surface area contributed by atoms with Crippen molar-refractivity contribution in [1.29, 1.82) is 0 Å². The van der Waals surface area contributed by atoms with Crippen LogP contribution in [0.4, 0.5) is 0 Å². The molecule has 0 aliphatic rings. The third-order valence-electron chi connectivity index (χ3n) is 4.07. The maximum atomic E-state index is 2.28. The molecule has 6 aromatic rings. The lowest BCUT2D eigenvalue weighted by Gasteiger charge is -1.90. The molecule has 0 radical (unpaired) electrons. The van der Waals surface area contributed by atoms with Crippen LogP contribution < -0.4 is 0 Å². The summed E-state index contributed by atoms with van der Waals surface area (Å²) in [7, 11) is 0. The van der Waals surface area contributed by atoms with Gasteiger partial charge in [0.2, 0.25) is 0 Å². The van der Waals surface area contributed by atoms with Crippen LogP contribution in [0.1, 0.15) is 0 Å². The summed E-state index contributed by atoms with van der Waals surface area (Å²) in [5.74, 6) is 0. The van der Waals surface area contributed by atoms with Gasteiger partial charge < -0.3 is 0 Å². The molecule has 4 heteroatoms. The summed E-state index contributed by atoms with van der Waals surface area (Å²) in [6, 6.07) is 17.6. The minimum atomic E-state index is 1.37. The molecule has 24 heavy (non-hydrogen) atoms. The van der Waals surface area contributed by atoms with Gasteiger partial charge in [0, 0.05) is 9.40 Å². The van der Waals surface area contributed by atoms with Gasteiger partial charge in [-0.2, -0.15) is 0 Å². The molecule has 0 N–H and O–H groups in total. The lowest BCUT2D eigenvalue weighted by molar-refractivity contribution is 1.98. The van der Waals surface area contributed by atoms with Crippen LogP contribution in [0.15, 0.2) is 70.1 Å². The fraction of sp³-hybridized carbons (Fsp3) is 0. The maximum Gasteiger partial charge on any atom is 0.0521 e. The normalized spacial score (nSPS) is 11.3. The van der Waals surface area contributed by atoms with E-state index < -0.39 is 0 Å². The van der Waals surface area contributed by atoms with Crippen LogP contribution in [-0.2, 0) is 0 Å². The largest absolute Gasteiger partial charge is 0.144 e. The highest BCUT2D eigenvalue weighted by atomic mass is 32.1. The highest BCUT2D eigenvalue weighted by Crippen LogP contribution is 2.33. The summed E-state index contributed by atoms with van der Waals surface area (Å²) >= 11 is 7.29. The van der Waals surface area contributed by atoms with E-state index in [9.17, 15) is 0 Å². The van der Waals surface area contributed by atoms with E-state index in [1.807, 2.05) is 45.3 Å². The van der Waals surface area contributed by atoms with E-state index >= 15 is 0 Å². The molecule has 0 aliphatic carbocycles. The van der Waals surface area contributed by atoms with Crippen molar-refractivity contribution >= 4 is 85.7 Å². The van der Waals surface area contributed by atoms with Gasteiger partial charge in [-0.25, -0.2) is 0 Å². The predicted octanol–water partition coefficient (Wildman–Crippen LogP) is 8.23. The van der Waals surface area contributed by atoms with Crippen molar-refractivity contribution in [2.45, 2.75) is 0 Å². The summed E-state index contributed by atoms with van der Waals surface area (Å²) in [6.45, 7) is 0. The fourth-order valence-corrected chi connectivity index (χ4v) is 6.55. The topological polar surface area (TPSA) is 0 Å². The molecule has 2 aromatic carbocycles. The Balaban J connectivity index is 0.000000109. The van der Waals surface area contributed by atoms with Gasteiger partial charge in [0.25, 0.3) is 0 Å². The van der Waals surface area contributed by atoms with Crippen molar-refractivity contribution < 1.29 is 0 Å². The second-order valence-electron chi connectivity index (χ2n) is 5.51. The zero-order valence-corrected chi connectivity index (χ0v) is 15.8. The summed E-state index contributed by atoms with van der Waals surface area (Å²) in [6.07, 6.45) is 0. The summed E-state index contributed by atoms with van der Waals surface area (Å²) in [4.78, 5) is 0. The van der Waals surface area contributed by atoms with E-state index in [0.717, 1.165) is 0 Å². The van der Waals surface area contributed by atoms with Crippen molar-refractivity contribution in [3.63, 3.8) is 0 Å². The van der Waals surface area contributed by atoms with Crippen LogP contribution >= 0.6 is 45.3 Å². The lowest BCUT2D eigenvalue weighted by Crippen LogP contribution is -1.62. The summed E-state index contributed by atoms with van der Waals surface area (Å²) in [5.41, 5.74) is 0. The third kappa shape index (κ3) is 2.47. The van der Waals surface area contributed by atoms with E-state index in [1.165, 1.54) is 40.3 Å². The molecular formula is C20H12S4. The SMILES string of the molecule is c1cc2cc3ccsc3cc2s1.c1cc2ccc3ccsc3c2s1. The Morgan fingerprint density at radius 2 is 0.875 bits per heavy atom. The first-order valence-corrected chi connectivity index (χ1v) is 11.1. The summed E-state index contributed by atoms with van der Waals surface area (Å²) < 4.78 is 5.65. The molecule has 4 heterocycles. The molecule has 0 spiro atoms. The first-order chi connectivity index (χ1) is 11.9. The monoisotopic (exact) mass is 380 g/mol.